The van der Waals surface area contributed by atoms with Gasteiger partial charge in [-0.2, -0.15) is 0 Å². The summed E-state index contributed by atoms with van der Waals surface area (Å²) >= 11 is 0. The lowest BCUT2D eigenvalue weighted by molar-refractivity contribution is 1.36. The van der Waals surface area contributed by atoms with Crippen LogP contribution in [0.2, 0.25) is 0 Å². The van der Waals surface area contributed by atoms with Gasteiger partial charge in [-0.15, -0.1) is 0 Å². The first kappa shape index (κ1) is 5.48. The molecule has 0 fully saturated rings. The van der Waals surface area contributed by atoms with Gasteiger partial charge in [-0.3, -0.25) is 0 Å². The molecule has 0 bridgehead atoms. The van der Waals surface area contributed by atoms with Crippen LogP contribution in [0.15, 0.2) is 18.7 Å². The average molecular weight is 80.1 g/mol. The van der Waals surface area contributed by atoms with Crippen molar-refractivity contribution in [1.82, 2.24) is 0 Å². The van der Waals surface area contributed by atoms with Gasteiger partial charge in [0.25, 0.3) is 0 Å². The molecule has 0 spiro atoms. The Morgan fingerprint density at radius 3 is 2.50 bits per heavy atom. The predicted octanol–water partition coefficient (Wildman–Crippen LogP) is 1.76. The molecule has 0 aliphatic rings. The van der Waals surface area contributed by atoms with E-state index in [0.29, 0.717) is 0 Å². The van der Waals surface area contributed by atoms with Crippen LogP contribution < -0.4 is 0 Å². The Balaban J connectivity index is 2.85. The van der Waals surface area contributed by atoms with E-state index in [1.165, 1.54) is 0 Å². The average Bonchev–Trinajstić information content (AvgIpc) is 1.61. The van der Waals surface area contributed by atoms with Gasteiger partial charge in [-0.05, 0) is 19.4 Å². The van der Waals surface area contributed by atoms with Crippen LogP contribution in [-0.4, -0.2) is 0 Å². The van der Waals surface area contributed by atoms with Crippen LogP contribution >= 0.6 is 0 Å². The third-order valence-corrected chi connectivity index (χ3v) is 0.429. The summed E-state index contributed by atoms with van der Waals surface area (Å²) in [5, 5.41) is 0. The van der Waals surface area contributed by atoms with Gasteiger partial charge in [0.15, 0.2) is 0 Å². The molecule has 0 rings (SSSR count). The van der Waals surface area contributed by atoms with E-state index >= 15 is 0 Å². The molecule has 0 aromatic rings. The minimum absolute atomic E-state index is 0.809. The fourth-order valence-electron chi connectivity index (χ4n) is 0.167. The molecule has 32 valence electrons. The Morgan fingerprint density at radius 2 is 2.33 bits per heavy atom. The summed E-state index contributed by atoms with van der Waals surface area (Å²) in [6, 6.07) is 0. The summed E-state index contributed by atoms with van der Waals surface area (Å²) in [5.41, 5.74) is 0. The van der Waals surface area contributed by atoms with Gasteiger partial charge < -0.3 is 0 Å². The highest BCUT2D eigenvalue weighted by molar-refractivity contribution is 4.86. The Labute approximate surface area is 39.2 Å². The Bertz CT molecular complexity index is 51.1. The molecule has 0 saturated heterocycles. The number of hydrogen-bond acceptors (Lipinski definition) is 0. The van der Waals surface area contributed by atoms with Crippen LogP contribution in [0.3, 0.4) is 0 Å². The van der Waals surface area contributed by atoms with Gasteiger partial charge in [0.2, 0.25) is 0 Å². The highest BCUT2D eigenvalue weighted by Gasteiger charge is 1.58. The maximum atomic E-state index is 3.47. The minimum atomic E-state index is 0.809. The molecule has 0 atom stereocenters. The van der Waals surface area contributed by atoms with E-state index < -0.39 is 0 Å². The Morgan fingerprint density at radius 1 is 1.67 bits per heavy atom. The summed E-state index contributed by atoms with van der Waals surface area (Å²) in [6.45, 7) is 6.87. The zero-order chi connectivity index (χ0) is 4.83. The number of allylic oxidation sites excluding steroid dienone is 3. The molecule has 0 aliphatic carbocycles. The molecule has 0 aromatic heterocycles. The normalized spacial score (nSPS) is 9.50. The molecule has 0 nitrogen and oxygen atoms in total. The second-order valence-corrected chi connectivity index (χ2v) is 0.926. The van der Waals surface area contributed by atoms with E-state index in [1.54, 1.807) is 6.08 Å². The van der Waals surface area contributed by atoms with Crippen molar-refractivity contribution in [2.75, 3.05) is 0 Å². The quantitative estimate of drug-likeness (QED) is 0.474. The summed E-state index contributed by atoms with van der Waals surface area (Å²) in [5.74, 6) is 0. The summed E-state index contributed by atoms with van der Waals surface area (Å²) in [7, 11) is 0. The minimum Gasteiger partial charge on any atom is -0.0953 e. The smallest absolute Gasteiger partial charge is 0.0101 e. The van der Waals surface area contributed by atoms with Gasteiger partial charge in [0.05, 0.1) is 0 Å². The monoisotopic (exact) mass is 80.1 g/mol. The van der Waals surface area contributed by atoms with Crippen LogP contribution in [0.1, 0.15) is 6.42 Å². The van der Waals surface area contributed by atoms with E-state index in [2.05, 4.69) is 19.6 Å². The van der Waals surface area contributed by atoms with Gasteiger partial charge in [0, 0.05) is 0 Å². The fourth-order valence-corrected chi connectivity index (χ4v) is 0.167. The van der Waals surface area contributed by atoms with Crippen LogP contribution in [0.5, 0.6) is 0 Å². The highest BCUT2D eigenvalue weighted by Crippen LogP contribution is 1.77. The lowest BCUT2D eigenvalue weighted by Crippen LogP contribution is -1.50. The highest BCUT2D eigenvalue weighted by atomic mass is 13.6. The predicted molar refractivity (Wildman–Crippen MR) is 28.0 cm³/mol. The Hall–Kier alpha value is -0.520. The van der Waals surface area contributed by atoms with Crippen molar-refractivity contribution >= 4 is 0 Å². The van der Waals surface area contributed by atoms with Crippen molar-refractivity contribution in [2.24, 2.45) is 0 Å². The van der Waals surface area contributed by atoms with E-state index in [0.717, 1.165) is 6.42 Å². The standard InChI is InChI=1S/C6H8/c1-3-5-6-4-2/h3,5H,1-2,6H2/b5-3+. The molecule has 0 amide bonds. The summed E-state index contributed by atoms with van der Waals surface area (Å²) < 4.78 is 0. The molecule has 0 unspecified atom stereocenters. The largest absolute Gasteiger partial charge is 0.0953 e. The Kier molecular flexibility index (Phi) is 4.09. The summed E-state index contributed by atoms with van der Waals surface area (Å²) in [4.78, 5) is 0. The first-order valence-corrected chi connectivity index (χ1v) is 1.86. The van der Waals surface area contributed by atoms with Gasteiger partial charge in [-0.1, -0.05) is 18.7 Å². The number of rotatable bonds is 2. The van der Waals surface area contributed by atoms with Crippen LogP contribution in [0.25, 0.3) is 0 Å². The maximum absolute atomic E-state index is 3.47. The third kappa shape index (κ3) is 3.48. The van der Waals surface area contributed by atoms with E-state index in [1.807, 2.05) is 6.08 Å². The van der Waals surface area contributed by atoms with Crippen molar-refractivity contribution in [3.8, 4) is 0 Å². The SMILES string of the molecule is [CH2]/C=C/C[C]=C. The van der Waals surface area contributed by atoms with Crippen molar-refractivity contribution in [3.05, 3.63) is 31.7 Å². The van der Waals surface area contributed by atoms with Crippen LogP contribution in [-0.2, 0) is 0 Å². The number of hydrogen-bond donors (Lipinski definition) is 0. The molecule has 0 heteroatoms. The van der Waals surface area contributed by atoms with Crippen LogP contribution in [0, 0.1) is 13.0 Å². The molecule has 6 heavy (non-hydrogen) atoms. The van der Waals surface area contributed by atoms with Gasteiger partial charge in [0.1, 0.15) is 0 Å². The lowest BCUT2D eigenvalue weighted by Gasteiger charge is -1.68. The molecular weight excluding hydrogens is 72.1 g/mol. The zero-order valence-electron chi connectivity index (χ0n) is 3.78. The van der Waals surface area contributed by atoms with Crippen molar-refractivity contribution in [1.29, 1.82) is 0 Å². The molecule has 0 aromatic carbocycles. The third-order valence-electron chi connectivity index (χ3n) is 0.429. The second kappa shape index (κ2) is 4.48. The van der Waals surface area contributed by atoms with E-state index in [9.17, 15) is 0 Å². The van der Waals surface area contributed by atoms with Gasteiger partial charge >= 0.3 is 0 Å². The van der Waals surface area contributed by atoms with Crippen LogP contribution in [0.4, 0.5) is 0 Å². The molecular formula is C6H8. The zero-order valence-corrected chi connectivity index (χ0v) is 3.78. The topological polar surface area (TPSA) is 0 Å². The maximum Gasteiger partial charge on any atom is -0.0101 e. The van der Waals surface area contributed by atoms with Gasteiger partial charge in [-0.25, -0.2) is 0 Å². The first-order valence-electron chi connectivity index (χ1n) is 1.86. The second-order valence-electron chi connectivity index (χ2n) is 0.926. The van der Waals surface area contributed by atoms with Crippen molar-refractivity contribution in [3.63, 3.8) is 0 Å². The molecule has 2 radical (unpaired) electrons. The lowest BCUT2D eigenvalue weighted by atomic mass is 10.4. The van der Waals surface area contributed by atoms with E-state index in [4.69, 9.17) is 0 Å². The first-order chi connectivity index (χ1) is 2.91. The molecule has 0 heterocycles. The van der Waals surface area contributed by atoms with Crippen molar-refractivity contribution < 1.29 is 0 Å². The molecule has 0 saturated carbocycles. The molecule has 0 N–H and O–H groups in total. The molecule has 0 aliphatic heterocycles. The fraction of sp³-hybridized carbons (Fsp3) is 0.167. The summed E-state index contributed by atoms with van der Waals surface area (Å²) in [6.07, 6.45) is 7.13. The van der Waals surface area contributed by atoms with Crippen molar-refractivity contribution in [2.45, 2.75) is 6.42 Å². The van der Waals surface area contributed by atoms with E-state index in [-0.39, 0.29) is 0 Å².